The summed E-state index contributed by atoms with van der Waals surface area (Å²) in [5, 5.41) is 2.57. The van der Waals surface area contributed by atoms with Crippen LogP contribution in [-0.4, -0.2) is 45.8 Å². The normalized spacial score (nSPS) is 12.1. The van der Waals surface area contributed by atoms with Crippen molar-refractivity contribution in [2.24, 2.45) is 7.05 Å². The number of fused-ring (bicyclic) bond motifs is 8. The topological polar surface area (TPSA) is 35.3 Å². The van der Waals surface area contributed by atoms with Gasteiger partial charge in [-0.05, 0) is 0 Å². The second-order valence-electron chi connectivity index (χ2n) is 8.68. The Kier molecular flexibility index (Phi) is 4.34. The van der Waals surface area contributed by atoms with Crippen molar-refractivity contribution >= 4 is 87.3 Å². The maximum atomic E-state index is 5.73. The first-order chi connectivity index (χ1) is 16.6. The summed E-state index contributed by atoms with van der Waals surface area (Å²) >= 11 is 2.56. The number of imidazole rings is 2. The number of hydrogen-bond acceptors (Lipinski definition) is 3. The van der Waals surface area contributed by atoms with E-state index in [0.717, 1.165) is 69.7 Å². The van der Waals surface area contributed by atoms with E-state index in [1.807, 2.05) is 11.3 Å². The molecule has 166 valence electrons. The van der Waals surface area contributed by atoms with Gasteiger partial charge in [-0.2, -0.15) is 0 Å². The second-order valence-corrected chi connectivity index (χ2v) is 12.2. The number of ether oxygens (including phenoxy) is 1. The number of pyridine rings is 1. The van der Waals surface area contributed by atoms with Gasteiger partial charge >= 0.3 is 216 Å². The number of hydrogen-bond donors (Lipinski definition) is 0. The molecule has 7 heteroatoms. The van der Waals surface area contributed by atoms with E-state index in [1.54, 1.807) is 7.11 Å². The summed E-state index contributed by atoms with van der Waals surface area (Å²) < 4.78 is 16.5. The van der Waals surface area contributed by atoms with Crippen molar-refractivity contribution < 1.29 is 9.30 Å². The van der Waals surface area contributed by atoms with E-state index in [1.165, 1.54) is 23.4 Å². The number of benzene rings is 3. The molecule has 7 rings (SSSR count). The Hall–Kier alpha value is -3.02. The van der Waals surface area contributed by atoms with Gasteiger partial charge in [-0.25, -0.2) is 0 Å². The van der Waals surface area contributed by atoms with Crippen LogP contribution in [0.5, 0.6) is 5.75 Å². The van der Waals surface area contributed by atoms with Crippen molar-refractivity contribution in [2.75, 3.05) is 7.11 Å². The van der Waals surface area contributed by atoms with Crippen molar-refractivity contribution in [3.05, 3.63) is 72.4 Å². The summed E-state index contributed by atoms with van der Waals surface area (Å²) in [6.45, 7) is 2.14. The molecule has 7 aromatic rings. The molecule has 0 unspecified atom stereocenters. The van der Waals surface area contributed by atoms with Crippen LogP contribution in [0.25, 0.3) is 53.8 Å². The Balaban J connectivity index is 1.70. The summed E-state index contributed by atoms with van der Waals surface area (Å²) in [7, 11) is 3.86. The Morgan fingerprint density at radius 2 is 1.82 bits per heavy atom. The zero-order chi connectivity index (χ0) is 23.1. The average Bonchev–Trinajstić information content (AvgIpc) is 3.48. The van der Waals surface area contributed by atoms with Crippen molar-refractivity contribution in [1.29, 1.82) is 0 Å². The molecule has 0 saturated carbocycles. The van der Waals surface area contributed by atoms with E-state index in [9.17, 15) is 0 Å². The Bertz CT molecular complexity index is 1950. The van der Waals surface area contributed by atoms with Gasteiger partial charge in [0.25, 0.3) is 0 Å². The summed E-state index contributed by atoms with van der Waals surface area (Å²) in [6.07, 6.45) is 2.25. The zero-order valence-corrected chi connectivity index (χ0v) is 24.3. The van der Waals surface area contributed by atoms with Crippen LogP contribution in [0.3, 0.4) is 0 Å². The standard InChI is InChI=1S/C27H20N4OS.Bi.2H/c1-16-22(32-3)13-12-21-26(16)31(27-28-19-9-5-6-10-20(19)30(21)27)25-14-18-17-8-4-7-11-23(17)33-24(18)15-29(25)2;;;/h4-8,10-15H,1-3H3;;;/q+1;;;. The molecular formula is C27H22BiN4OS+. The number of aromatic nitrogens is 4. The van der Waals surface area contributed by atoms with Crippen LogP contribution >= 0.6 is 11.3 Å². The third-order valence-corrected chi connectivity index (χ3v) is 9.71. The number of rotatable bonds is 2. The molecule has 5 nitrogen and oxygen atoms in total. The Labute approximate surface area is 214 Å². The molecule has 0 radical (unpaired) electrons. The monoisotopic (exact) mass is 659 g/mol. The van der Waals surface area contributed by atoms with Gasteiger partial charge in [0.15, 0.2) is 0 Å². The molecule has 34 heavy (non-hydrogen) atoms. The van der Waals surface area contributed by atoms with Crippen LogP contribution < -0.4 is 12.6 Å². The molecule has 0 N–H and O–H groups in total. The first kappa shape index (κ1) is 20.4. The number of para-hydroxylation sites is 1. The number of nitrogens with zero attached hydrogens (tertiary/aromatic N) is 4. The predicted molar refractivity (Wildman–Crippen MR) is 143 cm³/mol. The van der Waals surface area contributed by atoms with Crippen LogP contribution in [0.15, 0.2) is 66.9 Å². The van der Waals surface area contributed by atoms with Gasteiger partial charge in [-0.15, -0.1) is 0 Å². The van der Waals surface area contributed by atoms with Crippen LogP contribution in [0.1, 0.15) is 5.56 Å². The minimum absolute atomic E-state index is 0.722. The average molecular weight is 660 g/mol. The fraction of sp³-hybridized carbons (Fsp3) is 0.111. The van der Waals surface area contributed by atoms with Crippen molar-refractivity contribution in [2.45, 2.75) is 6.92 Å². The van der Waals surface area contributed by atoms with E-state index in [0.29, 0.717) is 0 Å². The van der Waals surface area contributed by atoms with Gasteiger partial charge in [-0.1, -0.05) is 0 Å². The molecule has 3 aromatic carbocycles. The molecule has 0 spiro atoms. The van der Waals surface area contributed by atoms with Crippen molar-refractivity contribution in [3.8, 4) is 11.6 Å². The molecule has 0 bridgehead atoms. The van der Waals surface area contributed by atoms with Gasteiger partial charge in [0, 0.05) is 0 Å². The molecule has 0 saturated heterocycles. The molecule has 0 atom stereocenters. The maximum absolute atomic E-state index is 5.73. The third-order valence-electron chi connectivity index (χ3n) is 6.78. The van der Waals surface area contributed by atoms with E-state index in [2.05, 4.69) is 94.4 Å². The Morgan fingerprint density at radius 1 is 0.971 bits per heavy atom. The molecule has 0 aliphatic heterocycles. The van der Waals surface area contributed by atoms with Crippen molar-refractivity contribution in [1.82, 2.24) is 14.0 Å². The van der Waals surface area contributed by atoms with Crippen LogP contribution in [0.2, 0.25) is 0 Å². The third kappa shape index (κ3) is 2.62. The SMILES string of the molecule is COc1ccc2c(c1C)n(-c1cc3c(c[n+]1C)sc1ccccc13)c1nc3[c]([BiH2])cccc3n21. The van der Waals surface area contributed by atoms with Gasteiger partial charge in [0.2, 0.25) is 0 Å². The quantitative estimate of drug-likeness (QED) is 0.206. The van der Waals surface area contributed by atoms with Gasteiger partial charge in [0.05, 0.1) is 0 Å². The second kappa shape index (κ2) is 7.24. The van der Waals surface area contributed by atoms with Crippen LogP contribution in [-0.2, 0) is 7.05 Å². The van der Waals surface area contributed by atoms with Gasteiger partial charge in [-0.3, -0.25) is 0 Å². The van der Waals surface area contributed by atoms with E-state index in [4.69, 9.17) is 9.72 Å². The first-order valence-electron chi connectivity index (χ1n) is 11.1. The first-order valence-corrected chi connectivity index (χ1v) is 14.2. The number of thiophene rings is 1. The number of aryl methyl sites for hydroxylation is 2. The fourth-order valence-electron chi connectivity index (χ4n) is 5.19. The fourth-order valence-corrected chi connectivity index (χ4v) is 7.61. The zero-order valence-electron chi connectivity index (χ0n) is 19.0. The van der Waals surface area contributed by atoms with Gasteiger partial charge < -0.3 is 0 Å². The molecule has 0 amide bonds. The molecule has 0 aliphatic rings. The summed E-state index contributed by atoms with van der Waals surface area (Å²) in [5.41, 5.74) is 5.64. The predicted octanol–water partition coefficient (Wildman–Crippen LogP) is 4.20. The molecule has 4 heterocycles. The minimum atomic E-state index is 0.722. The molecule has 4 aromatic heterocycles. The summed E-state index contributed by atoms with van der Waals surface area (Å²) in [5.74, 6) is 2.90. The van der Waals surface area contributed by atoms with E-state index in [-0.39, 0.29) is 0 Å². The molecule has 0 fully saturated rings. The molecule has 0 aliphatic carbocycles. The van der Waals surface area contributed by atoms with Gasteiger partial charge in [0.1, 0.15) is 0 Å². The van der Waals surface area contributed by atoms with Crippen LogP contribution in [0.4, 0.5) is 0 Å². The molecular weight excluding hydrogens is 637 g/mol. The van der Waals surface area contributed by atoms with E-state index < -0.39 is 0 Å². The van der Waals surface area contributed by atoms with E-state index >= 15 is 0 Å². The van der Waals surface area contributed by atoms with Crippen LogP contribution in [0, 0.1) is 6.92 Å². The summed E-state index contributed by atoms with van der Waals surface area (Å²) in [4.78, 5) is 5.21. The Morgan fingerprint density at radius 3 is 2.68 bits per heavy atom. The summed E-state index contributed by atoms with van der Waals surface area (Å²) in [6, 6.07) is 21.7. The number of methoxy groups -OCH3 is 1. The van der Waals surface area contributed by atoms with Crippen molar-refractivity contribution in [3.63, 3.8) is 0 Å².